The molecule has 0 spiro atoms. The Bertz CT molecular complexity index is 1240. The molecule has 5 rings (SSSR count). The second kappa shape index (κ2) is 8.94. The van der Waals surface area contributed by atoms with E-state index >= 15 is 0 Å². The molecular formula is C26H24FN3O2. The van der Waals surface area contributed by atoms with Gasteiger partial charge in [0, 0.05) is 49.2 Å². The highest BCUT2D eigenvalue weighted by atomic mass is 19.1. The summed E-state index contributed by atoms with van der Waals surface area (Å²) in [6.45, 7) is 4.95. The summed E-state index contributed by atoms with van der Waals surface area (Å²) in [7, 11) is 0. The third kappa shape index (κ3) is 4.28. The number of carbonyl (C=O) groups is 1. The van der Waals surface area contributed by atoms with E-state index in [-0.39, 0.29) is 11.7 Å². The molecule has 0 radical (unpaired) electrons. The number of hydrogen-bond acceptors (Lipinski definition) is 4. The largest absolute Gasteiger partial charge is 0.456 e. The molecule has 6 heteroatoms. The lowest BCUT2D eigenvalue weighted by molar-refractivity contribution is 0.102. The minimum Gasteiger partial charge on any atom is -0.456 e. The highest BCUT2D eigenvalue weighted by Crippen LogP contribution is 2.34. The number of fused-ring (bicyclic) bond motifs is 1. The topological polar surface area (TPSA) is 57.5 Å². The summed E-state index contributed by atoms with van der Waals surface area (Å²) in [5, 5.41) is 7.40. The van der Waals surface area contributed by atoms with Crippen LogP contribution in [0.15, 0.2) is 77.2 Å². The Hall–Kier alpha value is -3.48. The number of anilines is 1. The molecule has 4 aromatic rings. The number of nitrogens with one attached hydrogen (secondary N) is 2. The number of carbonyl (C=O) groups excluding carboxylic acids is 1. The zero-order valence-electron chi connectivity index (χ0n) is 17.6. The van der Waals surface area contributed by atoms with E-state index in [0.29, 0.717) is 17.0 Å². The molecule has 3 aromatic carbocycles. The first-order valence-corrected chi connectivity index (χ1v) is 10.8. The lowest BCUT2D eigenvalue weighted by atomic mass is 10.1. The number of furan rings is 1. The highest BCUT2D eigenvalue weighted by Gasteiger charge is 2.17. The number of halogens is 1. The van der Waals surface area contributed by atoms with Crippen molar-refractivity contribution in [1.29, 1.82) is 0 Å². The van der Waals surface area contributed by atoms with Crippen LogP contribution in [-0.4, -0.2) is 37.0 Å². The summed E-state index contributed by atoms with van der Waals surface area (Å²) >= 11 is 0. The van der Waals surface area contributed by atoms with Gasteiger partial charge in [0.25, 0.3) is 5.91 Å². The highest BCUT2D eigenvalue weighted by molar-refractivity contribution is 6.06. The molecule has 0 unspecified atom stereocenters. The van der Waals surface area contributed by atoms with Gasteiger partial charge in [-0.3, -0.25) is 9.69 Å². The van der Waals surface area contributed by atoms with Gasteiger partial charge in [-0.1, -0.05) is 24.3 Å². The van der Waals surface area contributed by atoms with Gasteiger partial charge in [-0.05, 0) is 54.1 Å². The molecule has 0 atom stereocenters. The third-order valence-corrected chi connectivity index (χ3v) is 5.80. The molecule has 1 amide bonds. The third-order valence-electron chi connectivity index (χ3n) is 5.80. The number of amides is 1. The van der Waals surface area contributed by atoms with E-state index in [1.165, 1.54) is 29.8 Å². The summed E-state index contributed by atoms with van der Waals surface area (Å²) in [6.07, 6.45) is 0. The van der Waals surface area contributed by atoms with Gasteiger partial charge in [-0.2, -0.15) is 0 Å². The Kier molecular flexibility index (Phi) is 5.71. The van der Waals surface area contributed by atoms with Gasteiger partial charge < -0.3 is 15.1 Å². The minimum absolute atomic E-state index is 0.298. The van der Waals surface area contributed by atoms with Crippen LogP contribution in [0.3, 0.4) is 0 Å². The standard InChI is InChI=1S/C26H24FN3O2/c27-20-10-8-18(9-11-20)26(31)29-23-6-2-1-5-21(23)25-16-22-19(4-3-7-24(22)32-25)17-30-14-12-28-13-15-30/h1-11,16,28H,12-15,17H2,(H,29,31). The lowest BCUT2D eigenvalue weighted by Gasteiger charge is -2.27. The van der Waals surface area contributed by atoms with Crippen molar-refractivity contribution in [3.8, 4) is 11.3 Å². The average Bonchev–Trinajstić information content (AvgIpc) is 3.26. The van der Waals surface area contributed by atoms with Crippen molar-refractivity contribution in [2.75, 3.05) is 31.5 Å². The van der Waals surface area contributed by atoms with Crippen LogP contribution in [0.25, 0.3) is 22.3 Å². The number of nitrogens with zero attached hydrogens (tertiary/aromatic N) is 1. The fourth-order valence-electron chi connectivity index (χ4n) is 4.10. The zero-order chi connectivity index (χ0) is 21.9. The predicted molar refractivity (Wildman–Crippen MR) is 124 cm³/mol. The molecule has 5 nitrogen and oxygen atoms in total. The van der Waals surface area contributed by atoms with Crippen molar-refractivity contribution < 1.29 is 13.6 Å². The van der Waals surface area contributed by atoms with Crippen LogP contribution < -0.4 is 10.6 Å². The van der Waals surface area contributed by atoms with Crippen LogP contribution in [-0.2, 0) is 6.54 Å². The number of para-hydroxylation sites is 1. The Morgan fingerprint density at radius 1 is 1.00 bits per heavy atom. The maximum absolute atomic E-state index is 13.2. The Balaban J connectivity index is 1.44. The number of rotatable bonds is 5. The summed E-state index contributed by atoms with van der Waals surface area (Å²) < 4.78 is 19.4. The predicted octanol–water partition coefficient (Wildman–Crippen LogP) is 4.90. The van der Waals surface area contributed by atoms with Crippen molar-refractivity contribution in [1.82, 2.24) is 10.2 Å². The first kappa shape index (κ1) is 20.4. The molecule has 1 aliphatic heterocycles. The van der Waals surface area contributed by atoms with Gasteiger partial charge in [0.05, 0.1) is 5.69 Å². The van der Waals surface area contributed by atoms with Gasteiger partial charge in [0.1, 0.15) is 17.2 Å². The molecule has 32 heavy (non-hydrogen) atoms. The zero-order valence-corrected chi connectivity index (χ0v) is 17.6. The second-order valence-corrected chi connectivity index (χ2v) is 7.97. The van der Waals surface area contributed by atoms with E-state index in [0.717, 1.165) is 49.3 Å². The number of benzene rings is 3. The summed E-state index contributed by atoms with van der Waals surface area (Å²) in [4.78, 5) is 15.1. The van der Waals surface area contributed by atoms with Crippen LogP contribution in [0.4, 0.5) is 10.1 Å². The molecule has 0 saturated carbocycles. The molecule has 1 aromatic heterocycles. The second-order valence-electron chi connectivity index (χ2n) is 7.97. The molecular weight excluding hydrogens is 405 g/mol. The van der Waals surface area contributed by atoms with Gasteiger partial charge in [-0.25, -0.2) is 4.39 Å². The normalized spacial score (nSPS) is 14.5. The quantitative estimate of drug-likeness (QED) is 0.474. The lowest BCUT2D eigenvalue weighted by Crippen LogP contribution is -2.42. The maximum atomic E-state index is 13.2. The fourth-order valence-corrected chi connectivity index (χ4v) is 4.10. The van der Waals surface area contributed by atoms with Gasteiger partial charge in [0.15, 0.2) is 0 Å². The van der Waals surface area contributed by atoms with E-state index in [1.807, 2.05) is 36.4 Å². The first-order valence-electron chi connectivity index (χ1n) is 10.8. The monoisotopic (exact) mass is 429 g/mol. The first-order chi connectivity index (χ1) is 15.7. The van der Waals surface area contributed by atoms with Crippen LogP contribution >= 0.6 is 0 Å². The number of hydrogen-bond donors (Lipinski definition) is 2. The van der Waals surface area contributed by atoms with Gasteiger partial charge >= 0.3 is 0 Å². The summed E-state index contributed by atoms with van der Waals surface area (Å²) in [5.41, 5.74) is 3.89. The molecule has 0 bridgehead atoms. The molecule has 2 N–H and O–H groups in total. The van der Waals surface area contributed by atoms with Crippen LogP contribution in [0, 0.1) is 5.82 Å². The van der Waals surface area contributed by atoms with Crippen molar-refractivity contribution in [3.63, 3.8) is 0 Å². The summed E-state index contributed by atoms with van der Waals surface area (Å²) in [5.74, 6) is 0.0246. The molecule has 2 heterocycles. The maximum Gasteiger partial charge on any atom is 0.255 e. The Morgan fingerprint density at radius 2 is 1.78 bits per heavy atom. The van der Waals surface area contributed by atoms with E-state index in [2.05, 4.69) is 27.7 Å². The molecule has 1 aliphatic rings. The molecule has 1 saturated heterocycles. The molecule has 162 valence electrons. The molecule has 0 aliphatic carbocycles. The van der Waals surface area contributed by atoms with Crippen LogP contribution in [0.2, 0.25) is 0 Å². The average molecular weight is 429 g/mol. The van der Waals surface area contributed by atoms with Crippen LogP contribution in [0.1, 0.15) is 15.9 Å². The molecule has 1 fully saturated rings. The van der Waals surface area contributed by atoms with Crippen LogP contribution in [0.5, 0.6) is 0 Å². The minimum atomic E-state index is -0.374. The van der Waals surface area contributed by atoms with Gasteiger partial charge in [0.2, 0.25) is 0 Å². The van der Waals surface area contributed by atoms with Crippen molar-refractivity contribution >= 4 is 22.6 Å². The fraction of sp³-hybridized carbons (Fsp3) is 0.192. The van der Waals surface area contributed by atoms with Crippen molar-refractivity contribution in [3.05, 3.63) is 89.7 Å². The van der Waals surface area contributed by atoms with Gasteiger partial charge in [-0.15, -0.1) is 0 Å². The van der Waals surface area contributed by atoms with E-state index < -0.39 is 0 Å². The van der Waals surface area contributed by atoms with Crippen molar-refractivity contribution in [2.24, 2.45) is 0 Å². The van der Waals surface area contributed by atoms with Crippen molar-refractivity contribution in [2.45, 2.75) is 6.54 Å². The van der Waals surface area contributed by atoms with E-state index in [9.17, 15) is 9.18 Å². The smallest absolute Gasteiger partial charge is 0.255 e. The Morgan fingerprint density at radius 3 is 2.59 bits per heavy atom. The number of piperazine rings is 1. The van der Waals surface area contributed by atoms with E-state index in [4.69, 9.17) is 4.42 Å². The summed E-state index contributed by atoms with van der Waals surface area (Å²) in [6, 6.07) is 21.2. The SMILES string of the molecule is O=C(Nc1ccccc1-c1cc2c(CN3CCNCC3)cccc2o1)c1ccc(F)cc1. The van der Waals surface area contributed by atoms with E-state index in [1.54, 1.807) is 0 Å². The Labute approximate surface area is 185 Å².